The number of hydrogen-bond donors (Lipinski definition) is 0. The van der Waals surface area contributed by atoms with Crippen LogP contribution in [0.15, 0.2) is 85.0 Å². The second-order valence-electron chi connectivity index (χ2n) is 7.62. The van der Waals surface area contributed by atoms with E-state index in [2.05, 4.69) is 36.8 Å². The van der Waals surface area contributed by atoms with Gasteiger partial charge in [-0.25, -0.2) is 18.4 Å². The maximum atomic E-state index is 14.7. The van der Waals surface area contributed by atoms with Gasteiger partial charge < -0.3 is 9.47 Å². The molecule has 3 rings (SSSR count). The molecule has 0 saturated heterocycles. The molecule has 0 saturated carbocycles. The Morgan fingerprint density at radius 2 is 0.944 bits per heavy atom. The van der Waals surface area contributed by atoms with E-state index in [4.69, 9.17) is 9.47 Å². The Kier molecular flexibility index (Phi) is 8.18. The Balaban J connectivity index is 1.89. The highest BCUT2D eigenvalue weighted by atomic mass is 19.2. The lowest BCUT2D eigenvalue weighted by Crippen LogP contribution is -2.09. The lowest BCUT2D eigenvalue weighted by Gasteiger charge is -2.06. The van der Waals surface area contributed by atoms with E-state index < -0.39 is 23.6 Å². The van der Waals surface area contributed by atoms with Crippen molar-refractivity contribution in [2.24, 2.45) is 0 Å². The summed E-state index contributed by atoms with van der Waals surface area (Å²) < 4.78 is 39.9. The van der Waals surface area contributed by atoms with Crippen molar-refractivity contribution in [3.05, 3.63) is 119 Å². The molecule has 36 heavy (non-hydrogen) atoms. The molecule has 0 N–H and O–H groups in total. The number of esters is 2. The number of halogens is 2. The van der Waals surface area contributed by atoms with Crippen molar-refractivity contribution in [2.75, 3.05) is 0 Å². The fourth-order valence-electron chi connectivity index (χ4n) is 2.70. The molecule has 0 unspecified atom stereocenters. The van der Waals surface area contributed by atoms with Crippen molar-refractivity contribution >= 4 is 11.9 Å². The first-order valence-corrected chi connectivity index (χ1v) is 10.6. The number of carbonyl (C=O) groups excluding carboxylic acids is 2. The molecule has 0 fully saturated rings. The molecule has 178 valence electrons. The fraction of sp³-hybridized carbons (Fsp3) is 0.0667. The van der Waals surface area contributed by atoms with E-state index in [9.17, 15) is 18.4 Å². The van der Waals surface area contributed by atoms with Crippen molar-refractivity contribution in [3.63, 3.8) is 0 Å². The van der Waals surface area contributed by atoms with Crippen molar-refractivity contribution < 1.29 is 27.8 Å². The van der Waals surface area contributed by atoms with Crippen LogP contribution in [-0.4, -0.2) is 11.9 Å². The third-order valence-electron chi connectivity index (χ3n) is 4.62. The van der Waals surface area contributed by atoms with Crippen LogP contribution in [-0.2, 0) is 9.59 Å². The first kappa shape index (κ1) is 25.7. The fourth-order valence-corrected chi connectivity index (χ4v) is 2.70. The summed E-state index contributed by atoms with van der Waals surface area (Å²) >= 11 is 0. The zero-order valence-electron chi connectivity index (χ0n) is 19.6. The SMILES string of the molecule is C=C(C)C(=O)Oc1ccccc1C#Cc1ccc(C#Cc2ccccc2OC(=O)C(=C)C)c(F)c1F. The van der Waals surface area contributed by atoms with Gasteiger partial charge in [0, 0.05) is 11.1 Å². The van der Waals surface area contributed by atoms with Crippen LogP contribution in [0.25, 0.3) is 0 Å². The van der Waals surface area contributed by atoms with E-state index in [1.54, 1.807) is 36.4 Å². The van der Waals surface area contributed by atoms with Crippen molar-refractivity contribution in [3.8, 4) is 35.2 Å². The smallest absolute Gasteiger partial charge is 0.338 e. The lowest BCUT2D eigenvalue weighted by molar-refractivity contribution is -0.130. The highest BCUT2D eigenvalue weighted by molar-refractivity contribution is 5.89. The van der Waals surface area contributed by atoms with Crippen LogP contribution in [0.5, 0.6) is 11.5 Å². The van der Waals surface area contributed by atoms with Gasteiger partial charge in [0.05, 0.1) is 22.3 Å². The van der Waals surface area contributed by atoms with Gasteiger partial charge in [0.2, 0.25) is 0 Å². The van der Waals surface area contributed by atoms with Crippen molar-refractivity contribution in [1.29, 1.82) is 0 Å². The molecule has 0 aliphatic rings. The molecular weight excluding hydrogens is 462 g/mol. The molecule has 3 aromatic carbocycles. The van der Waals surface area contributed by atoms with Crippen LogP contribution in [0.1, 0.15) is 36.1 Å². The highest BCUT2D eigenvalue weighted by Gasteiger charge is 2.13. The first-order chi connectivity index (χ1) is 17.2. The van der Waals surface area contributed by atoms with E-state index in [1.807, 2.05) is 0 Å². The quantitative estimate of drug-likeness (QED) is 0.206. The van der Waals surface area contributed by atoms with E-state index in [0.29, 0.717) is 11.1 Å². The van der Waals surface area contributed by atoms with Gasteiger partial charge in [-0.1, -0.05) is 61.1 Å². The predicted octanol–water partition coefficient (Wildman–Crippen LogP) is 5.73. The average molecular weight is 482 g/mol. The minimum absolute atomic E-state index is 0.174. The largest absolute Gasteiger partial charge is 0.422 e. The summed E-state index contributed by atoms with van der Waals surface area (Å²) in [4.78, 5) is 23.6. The van der Waals surface area contributed by atoms with Gasteiger partial charge >= 0.3 is 11.9 Å². The molecule has 0 atom stereocenters. The molecule has 3 aromatic rings. The molecule has 0 spiro atoms. The summed E-state index contributed by atoms with van der Waals surface area (Å²) in [6.45, 7) is 10.1. The number of para-hydroxylation sites is 2. The lowest BCUT2D eigenvalue weighted by atomic mass is 10.1. The Morgan fingerprint density at radius 3 is 1.31 bits per heavy atom. The summed E-state index contributed by atoms with van der Waals surface area (Å²) in [6, 6.07) is 15.5. The molecule has 0 amide bonds. The summed E-state index contributed by atoms with van der Waals surface area (Å²) in [5, 5.41) is 0. The van der Waals surface area contributed by atoms with Crippen LogP contribution in [0.3, 0.4) is 0 Å². The normalized spacial score (nSPS) is 9.67. The Hall–Kier alpha value is -4.94. The zero-order chi connectivity index (χ0) is 26.2. The zero-order valence-corrected chi connectivity index (χ0v) is 19.6. The number of hydrogen-bond acceptors (Lipinski definition) is 4. The van der Waals surface area contributed by atoms with E-state index >= 15 is 0 Å². The summed E-state index contributed by atoms with van der Waals surface area (Å²) in [5.74, 6) is 7.27. The first-order valence-electron chi connectivity index (χ1n) is 10.6. The predicted molar refractivity (Wildman–Crippen MR) is 132 cm³/mol. The van der Waals surface area contributed by atoms with Gasteiger partial charge in [-0.2, -0.15) is 0 Å². The van der Waals surface area contributed by atoms with Crippen LogP contribution < -0.4 is 9.47 Å². The average Bonchev–Trinajstić information content (AvgIpc) is 2.85. The third kappa shape index (κ3) is 6.34. The Bertz CT molecular complexity index is 1400. The van der Waals surface area contributed by atoms with Gasteiger partial charge in [-0.3, -0.25) is 0 Å². The minimum atomic E-state index is -1.17. The molecule has 0 bridgehead atoms. The number of carbonyl (C=O) groups is 2. The van der Waals surface area contributed by atoms with Gasteiger partial charge in [0.25, 0.3) is 0 Å². The monoisotopic (exact) mass is 482 g/mol. The van der Waals surface area contributed by atoms with Crippen LogP contribution in [0, 0.1) is 35.3 Å². The topological polar surface area (TPSA) is 52.6 Å². The maximum absolute atomic E-state index is 14.7. The molecule has 0 radical (unpaired) electrons. The van der Waals surface area contributed by atoms with Crippen LogP contribution in [0.4, 0.5) is 8.78 Å². The molecule has 4 nitrogen and oxygen atoms in total. The number of benzene rings is 3. The van der Waals surface area contributed by atoms with Gasteiger partial charge in [-0.15, -0.1) is 0 Å². The molecular formula is C30H20F2O4. The molecule has 0 heterocycles. The van der Waals surface area contributed by atoms with Crippen LogP contribution >= 0.6 is 0 Å². The van der Waals surface area contributed by atoms with E-state index in [-0.39, 0.29) is 33.8 Å². The third-order valence-corrected chi connectivity index (χ3v) is 4.62. The van der Waals surface area contributed by atoms with Gasteiger partial charge in [0.1, 0.15) is 11.5 Å². The second-order valence-corrected chi connectivity index (χ2v) is 7.62. The summed E-state index contributed by atoms with van der Waals surface area (Å²) in [5.41, 5.74) is 0.650. The molecule has 0 aromatic heterocycles. The van der Waals surface area contributed by atoms with Gasteiger partial charge in [0.15, 0.2) is 11.6 Å². The van der Waals surface area contributed by atoms with Crippen molar-refractivity contribution in [2.45, 2.75) is 13.8 Å². The molecule has 0 aliphatic heterocycles. The summed E-state index contributed by atoms with van der Waals surface area (Å²) in [7, 11) is 0. The second kappa shape index (κ2) is 11.5. The molecule has 6 heteroatoms. The Labute approximate surface area is 207 Å². The Morgan fingerprint density at radius 1 is 0.611 bits per heavy atom. The minimum Gasteiger partial charge on any atom is -0.422 e. The van der Waals surface area contributed by atoms with Crippen molar-refractivity contribution in [1.82, 2.24) is 0 Å². The van der Waals surface area contributed by atoms with E-state index in [1.165, 1.54) is 38.1 Å². The summed E-state index contributed by atoms with van der Waals surface area (Å²) in [6.07, 6.45) is 0. The van der Waals surface area contributed by atoms with E-state index in [0.717, 1.165) is 0 Å². The highest BCUT2D eigenvalue weighted by Crippen LogP contribution is 2.21. The molecule has 0 aliphatic carbocycles. The van der Waals surface area contributed by atoms with Crippen LogP contribution in [0.2, 0.25) is 0 Å². The van der Waals surface area contributed by atoms with Gasteiger partial charge in [-0.05, 0) is 50.2 Å². The maximum Gasteiger partial charge on any atom is 0.338 e. The number of rotatable bonds is 4. The number of ether oxygens (including phenoxy) is 2. The standard InChI is InChI=1S/C30H20F2O4/c1-19(2)29(33)35-25-11-7-5-9-21(25)13-15-23-17-18-24(28(32)27(23)31)16-14-22-10-6-8-12-26(22)36-30(34)20(3)4/h5-12,17-18H,1,3H2,2,4H3.